The van der Waals surface area contributed by atoms with Crippen LogP contribution < -0.4 is 10.6 Å². The first-order chi connectivity index (χ1) is 10.3. The van der Waals surface area contributed by atoms with Crippen LogP contribution in [0.1, 0.15) is 39.2 Å². The van der Waals surface area contributed by atoms with E-state index < -0.39 is 0 Å². The molecule has 122 valence electrons. The Hall–Kier alpha value is -1.88. The molecule has 0 saturated heterocycles. The summed E-state index contributed by atoms with van der Waals surface area (Å²) in [6.07, 6.45) is 0. The van der Waals surface area contributed by atoms with Crippen molar-refractivity contribution in [2.45, 2.75) is 39.7 Å². The lowest BCUT2D eigenvalue weighted by atomic mass is 10.0. The monoisotopic (exact) mass is 305 g/mol. The van der Waals surface area contributed by atoms with Crippen LogP contribution in [0.25, 0.3) is 0 Å². The van der Waals surface area contributed by atoms with E-state index in [1.54, 1.807) is 11.9 Å². The molecule has 0 heterocycles. The number of hydrogen-bond acceptors (Lipinski definition) is 3. The van der Waals surface area contributed by atoms with Gasteiger partial charge < -0.3 is 10.6 Å². The first-order valence-corrected chi connectivity index (χ1v) is 7.65. The lowest BCUT2D eigenvalue weighted by Crippen LogP contribution is -2.41. The van der Waals surface area contributed by atoms with Crippen LogP contribution in [0.4, 0.5) is 5.69 Å². The average molecular weight is 305 g/mol. The highest BCUT2D eigenvalue weighted by Gasteiger charge is 2.11. The van der Waals surface area contributed by atoms with Gasteiger partial charge in [0.25, 0.3) is 0 Å². The zero-order valence-electron chi connectivity index (χ0n) is 14.1. The Bertz CT molecular complexity index is 495. The lowest BCUT2D eigenvalue weighted by molar-refractivity contribution is -0.123. The van der Waals surface area contributed by atoms with Gasteiger partial charge in [-0.15, -0.1) is 0 Å². The molecule has 0 saturated carbocycles. The van der Waals surface area contributed by atoms with Crippen molar-refractivity contribution in [3.05, 3.63) is 29.8 Å². The van der Waals surface area contributed by atoms with Crippen molar-refractivity contribution >= 4 is 17.5 Å². The van der Waals surface area contributed by atoms with E-state index in [0.717, 1.165) is 5.69 Å². The average Bonchev–Trinajstić information content (AvgIpc) is 2.37. The van der Waals surface area contributed by atoms with Crippen LogP contribution in [0.2, 0.25) is 0 Å². The number of carbonyl (C=O) groups excluding carboxylic acids is 2. The molecular formula is C17H27N3O2. The maximum Gasteiger partial charge on any atom is 0.238 e. The van der Waals surface area contributed by atoms with Gasteiger partial charge in [-0.1, -0.05) is 26.0 Å². The highest BCUT2D eigenvalue weighted by molar-refractivity contribution is 5.92. The summed E-state index contributed by atoms with van der Waals surface area (Å²) < 4.78 is 0. The van der Waals surface area contributed by atoms with E-state index in [1.165, 1.54) is 5.56 Å². The molecule has 0 atom stereocenters. The number of nitrogens with zero attached hydrogens (tertiary/aromatic N) is 1. The van der Waals surface area contributed by atoms with Gasteiger partial charge in [0.05, 0.1) is 13.1 Å². The zero-order chi connectivity index (χ0) is 16.7. The van der Waals surface area contributed by atoms with Crippen LogP contribution in [0.15, 0.2) is 24.3 Å². The van der Waals surface area contributed by atoms with E-state index >= 15 is 0 Å². The molecule has 2 amide bonds. The second-order valence-corrected chi connectivity index (χ2v) is 6.22. The van der Waals surface area contributed by atoms with Crippen LogP contribution in [-0.2, 0) is 9.59 Å². The highest BCUT2D eigenvalue weighted by Crippen LogP contribution is 2.16. The van der Waals surface area contributed by atoms with Crippen molar-refractivity contribution in [1.29, 1.82) is 0 Å². The fraction of sp³-hybridized carbons (Fsp3) is 0.529. The van der Waals surface area contributed by atoms with E-state index in [2.05, 4.69) is 24.5 Å². The Balaban J connectivity index is 2.43. The van der Waals surface area contributed by atoms with Crippen molar-refractivity contribution in [1.82, 2.24) is 10.2 Å². The molecule has 0 fully saturated rings. The van der Waals surface area contributed by atoms with E-state index in [-0.39, 0.29) is 30.9 Å². The van der Waals surface area contributed by atoms with Crippen molar-refractivity contribution < 1.29 is 9.59 Å². The van der Waals surface area contributed by atoms with E-state index in [0.29, 0.717) is 5.92 Å². The van der Waals surface area contributed by atoms with Crippen molar-refractivity contribution in [2.24, 2.45) is 0 Å². The summed E-state index contributed by atoms with van der Waals surface area (Å²) in [5, 5.41) is 5.64. The van der Waals surface area contributed by atoms with Gasteiger partial charge in [0, 0.05) is 11.7 Å². The predicted molar refractivity (Wildman–Crippen MR) is 89.9 cm³/mol. The van der Waals surface area contributed by atoms with Gasteiger partial charge >= 0.3 is 0 Å². The van der Waals surface area contributed by atoms with Gasteiger partial charge in [0.2, 0.25) is 11.8 Å². The Morgan fingerprint density at radius 1 is 1.00 bits per heavy atom. The number of carbonyl (C=O) groups is 2. The minimum absolute atomic E-state index is 0.0772. The van der Waals surface area contributed by atoms with Crippen molar-refractivity contribution in [3.8, 4) is 0 Å². The molecule has 2 N–H and O–H groups in total. The summed E-state index contributed by atoms with van der Waals surface area (Å²) in [5.41, 5.74) is 2.01. The molecule has 5 heteroatoms. The van der Waals surface area contributed by atoms with Gasteiger partial charge in [-0.2, -0.15) is 0 Å². The summed E-state index contributed by atoms with van der Waals surface area (Å²) in [6, 6.07) is 7.94. The number of benzene rings is 1. The quantitative estimate of drug-likeness (QED) is 0.812. The summed E-state index contributed by atoms with van der Waals surface area (Å²) in [4.78, 5) is 25.3. The molecule has 22 heavy (non-hydrogen) atoms. The van der Waals surface area contributed by atoms with Crippen LogP contribution in [-0.4, -0.2) is 42.9 Å². The molecule has 1 aromatic carbocycles. The number of nitrogens with one attached hydrogen (secondary N) is 2. The third-order valence-electron chi connectivity index (χ3n) is 3.14. The minimum atomic E-state index is -0.128. The first-order valence-electron chi connectivity index (χ1n) is 7.65. The highest BCUT2D eigenvalue weighted by atomic mass is 16.2. The Labute approximate surface area is 133 Å². The summed E-state index contributed by atoms with van der Waals surface area (Å²) in [6.45, 7) is 8.46. The zero-order valence-corrected chi connectivity index (χ0v) is 14.1. The minimum Gasteiger partial charge on any atom is -0.353 e. The lowest BCUT2D eigenvalue weighted by Gasteiger charge is -2.17. The summed E-state index contributed by atoms with van der Waals surface area (Å²) >= 11 is 0. The fourth-order valence-electron chi connectivity index (χ4n) is 2.07. The molecule has 0 aliphatic carbocycles. The maximum absolute atomic E-state index is 12.0. The summed E-state index contributed by atoms with van der Waals surface area (Å²) in [5.74, 6) is 0.263. The van der Waals surface area contributed by atoms with Gasteiger partial charge in [-0.25, -0.2) is 0 Å². The number of amides is 2. The smallest absolute Gasteiger partial charge is 0.238 e. The van der Waals surface area contributed by atoms with E-state index in [4.69, 9.17) is 0 Å². The molecular weight excluding hydrogens is 278 g/mol. The molecule has 0 aromatic heterocycles. The molecule has 1 aromatic rings. The molecule has 0 unspecified atom stereocenters. The van der Waals surface area contributed by atoms with E-state index in [1.807, 2.05) is 38.1 Å². The number of likely N-dealkylation sites (N-methyl/N-ethyl adjacent to an activating group) is 1. The first kappa shape index (κ1) is 18.2. The van der Waals surface area contributed by atoms with Crippen LogP contribution in [0.3, 0.4) is 0 Å². The normalized spacial score (nSPS) is 11.1. The van der Waals surface area contributed by atoms with Gasteiger partial charge in [0.15, 0.2) is 0 Å². The standard InChI is InChI=1S/C17H27N3O2/c1-12(2)14-6-8-15(9-7-14)19-17(22)11-20(5)10-16(21)18-13(3)4/h6-9,12-13H,10-11H2,1-5H3,(H,18,21)(H,19,22). The Morgan fingerprint density at radius 3 is 2.05 bits per heavy atom. The second kappa shape index (κ2) is 8.54. The number of anilines is 1. The van der Waals surface area contributed by atoms with Crippen molar-refractivity contribution in [2.75, 3.05) is 25.5 Å². The van der Waals surface area contributed by atoms with Crippen LogP contribution in [0, 0.1) is 0 Å². The largest absolute Gasteiger partial charge is 0.353 e. The Morgan fingerprint density at radius 2 is 1.55 bits per heavy atom. The number of rotatable bonds is 7. The summed E-state index contributed by atoms with van der Waals surface area (Å²) in [7, 11) is 1.75. The molecule has 1 rings (SSSR count). The third-order valence-corrected chi connectivity index (χ3v) is 3.14. The third kappa shape index (κ3) is 6.72. The van der Waals surface area contributed by atoms with Gasteiger partial charge in [0.1, 0.15) is 0 Å². The van der Waals surface area contributed by atoms with Crippen molar-refractivity contribution in [3.63, 3.8) is 0 Å². The topological polar surface area (TPSA) is 61.4 Å². The molecule has 0 aliphatic rings. The maximum atomic E-state index is 12.0. The van der Waals surface area contributed by atoms with Gasteiger partial charge in [-0.05, 0) is 44.5 Å². The van der Waals surface area contributed by atoms with E-state index in [9.17, 15) is 9.59 Å². The van der Waals surface area contributed by atoms with Crippen LogP contribution >= 0.6 is 0 Å². The molecule has 0 radical (unpaired) electrons. The van der Waals surface area contributed by atoms with Crippen LogP contribution in [0.5, 0.6) is 0 Å². The SMILES string of the molecule is CC(C)NC(=O)CN(C)CC(=O)Nc1ccc(C(C)C)cc1. The van der Waals surface area contributed by atoms with Gasteiger partial charge in [-0.3, -0.25) is 14.5 Å². The molecule has 5 nitrogen and oxygen atoms in total. The predicted octanol–water partition coefficient (Wildman–Crippen LogP) is 2.20. The molecule has 0 aliphatic heterocycles. The number of hydrogen-bond donors (Lipinski definition) is 2. The Kier molecular flexibility index (Phi) is 7.05. The fourth-order valence-corrected chi connectivity index (χ4v) is 2.07. The second-order valence-electron chi connectivity index (χ2n) is 6.22. The molecule has 0 bridgehead atoms. The molecule has 0 spiro atoms.